The van der Waals surface area contributed by atoms with Gasteiger partial charge in [-0.05, 0) is 18.2 Å². The van der Waals surface area contributed by atoms with Crippen LogP contribution in [0.4, 0.5) is 13.2 Å². The van der Waals surface area contributed by atoms with Crippen LogP contribution in [0.1, 0.15) is 15.9 Å². The molecule has 0 spiro atoms. The zero-order chi connectivity index (χ0) is 14.8. The van der Waals surface area contributed by atoms with Gasteiger partial charge in [-0.15, -0.1) is 0 Å². The van der Waals surface area contributed by atoms with Crippen LogP contribution in [0.15, 0.2) is 24.3 Å². The summed E-state index contributed by atoms with van der Waals surface area (Å²) in [6, 6.07) is 4.32. The van der Waals surface area contributed by atoms with Crippen molar-refractivity contribution in [2.24, 2.45) is 0 Å². The Morgan fingerprint density at radius 3 is 2.85 bits per heavy atom. The summed E-state index contributed by atoms with van der Waals surface area (Å²) in [5, 5.41) is 9.00. The van der Waals surface area contributed by atoms with Crippen LogP contribution in [0.25, 0.3) is 0 Å². The summed E-state index contributed by atoms with van der Waals surface area (Å²) < 4.78 is 43.0. The summed E-state index contributed by atoms with van der Waals surface area (Å²) in [6.45, 7) is 0.499. The highest BCUT2D eigenvalue weighted by atomic mass is 19.4. The molecule has 4 nitrogen and oxygen atoms in total. The molecule has 1 atom stereocenters. The van der Waals surface area contributed by atoms with Gasteiger partial charge >= 0.3 is 6.18 Å². The van der Waals surface area contributed by atoms with E-state index in [1.54, 1.807) is 0 Å². The Balaban J connectivity index is 2.17. The number of carbonyl (C=O) groups excluding carboxylic acids is 1. The van der Waals surface area contributed by atoms with Crippen LogP contribution in [-0.2, 0) is 10.9 Å². The van der Waals surface area contributed by atoms with Gasteiger partial charge in [0.1, 0.15) is 0 Å². The van der Waals surface area contributed by atoms with Crippen LogP contribution in [0.5, 0.6) is 0 Å². The number of carbonyl (C=O) groups is 1. The van der Waals surface area contributed by atoms with Gasteiger partial charge < -0.3 is 14.7 Å². The Morgan fingerprint density at radius 1 is 1.45 bits per heavy atom. The highest BCUT2D eigenvalue weighted by molar-refractivity contribution is 5.94. The second-order valence-corrected chi connectivity index (χ2v) is 4.51. The number of amides is 1. The molecule has 1 aromatic carbocycles. The smallest absolute Gasteiger partial charge is 0.394 e. The van der Waals surface area contributed by atoms with E-state index in [1.165, 1.54) is 17.0 Å². The minimum absolute atomic E-state index is 0.0154. The van der Waals surface area contributed by atoms with Crippen LogP contribution < -0.4 is 0 Å². The lowest BCUT2D eigenvalue weighted by atomic mass is 10.1. The second-order valence-electron chi connectivity index (χ2n) is 4.51. The summed E-state index contributed by atoms with van der Waals surface area (Å²) in [5.41, 5.74) is -0.867. The number of hydrogen-bond acceptors (Lipinski definition) is 3. The molecule has 1 unspecified atom stereocenters. The van der Waals surface area contributed by atoms with Gasteiger partial charge in [0.15, 0.2) is 0 Å². The number of benzene rings is 1. The first kappa shape index (κ1) is 14.8. The number of rotatable bonds is 2. The molecule has 0 bridgehead atoms. The monoisotopic (exact) mass is 289 g/mol. The SMILES string of the molecule is O=C(c1cccc(C(F)(F)F)c1)N1CCOC(CO)C1. The number of ether oxygens (including phenoxy) is 1. The summed E-state index contributed by atoms with van der Waals surface area (Å²) in [7, 11) is 0. The number of morpholine rings is 1. The zero-order valence-electron chi connectivity index (χ0n) is 10.6. The largest absolute Gasteiger partial charge is 0.416 e. The van der Waals surface area contributed by atoms with E-state index >= 15 is 0 Å². The molecule has 1 amide bonds. The fraction of sp³-hybridized carbons (Fsp3) is 0.462. The van der Waals surface area contributed by atoms with E-state index in [0.717, 1.165) is 12.1 Å². The first-order valence-electron chi connectivity index (χ1n) is 6.11. The normalized spacial score (nSPS) is 20.0. The Bertz CT molecular complexity index is 490. The number of nitrogens with zero attached hydrogens (tertiary/aromatic N) is 1. The average Bonchev–Trinajstić information content (AvgIpc) is 2.46. The van der Waals surface area contributed by atoms with E-state index in [-0.39, 0.29) is 25.3 Å². The van der Waals surface area contributed by atoms with Crippen molar-refractivity contribution in [1.29, 1.82) is 0 Å². The van der Waals surface area contributed by atoms with E-state index in [2.05, 4.69) is 0 Å². The Kier molecular flexibility index (Phi) is 4.29. The van der Waals surface area contributed by atoms with E-state index in [9.17, 15) is 18.0 Å². The molecule has 0 saturated carbocycles. The maximum atomic E-state index is 12.6. The third-order valence-electron chi connectivity index (χ3n) is 3.07. The molecule has 1 aliphatic rings. The first-order valence-corrected chi connectivity index (χ1v) is 6.11. The van der Waals surface area contributed by atoms with Crippen molar-refractivity contribution >= 4 is 5.91 Å². The van der Waals surface area contributed by atoms with E-state index < -0.39 is 23.8 Å². The van der Waals surface area contributed by atoms with Gasteiger partial charge in [-0.3, -0.25) is 4.79 Å². The van der Waals surface area contributed by atoms with Gasteiger partial charge in [0.25, 0.3) is 5.91 Å². The van der Waals surface area contributed by atoms with Gasteiger partial charge in [-0.2, -0.15) is 13.2 Å². The first-order chi connectivity index (χ1) is 9.41. The van der Waals surface area contributed by atoms with Gasteiger partial charge in [0.05, 0.1) is 24.9 Å². The molecule has 110 valence electrons. The maximum absolute atomic E-state index is 12.6. The number of alkyl halides is 3. The van der Waals surface area contributed by atoms with Gasteiger partial charge in [0, 0.05) is 18.7 Å². The van der Waals surface area contributed by atoms with Crippen molar-refractivity contribution in [3.63, 3.8) is 0 Å². The summed E-state index contributed by atoms with van der Waals surface area (Å²) in [4.78, 5) is 13.6. The Hall–Kier alpha value is -1.60. The maximum Gasteiger partial charge on any atom is 0.416 e. The highest BCUT2D eigenvalue weighted by Crippen LogP contribution is 2.29. The van der Waals surface area contributed by atoms with Gasteiger partial charge in [0.2, 0.25) is 0 Å². The average molecular weight is 289 g/mol. The van der Waals surface area contributed by atoms with Crippen molar-refractivity contribution in [3.8, 4) is 0 Å². The zero-order valence-corrected chi connectivity index (χ0v) is 10.6. The minimum Gasteiger partial charge on any atom is -0.394 e. The minimum atomic E-state index is -4.48. The lowest BCUT2D eigenvalue weighted by Gasteiger charge is -2.32. The summed E-state index contributed by atoms with van der Waals surface area (Å²) >= 11 is 0. The van der Waals surface area contributed by atoms with Crippen LogP contribution in [0.2, 0.25) is 0 Å². The lowest BCUT2D eigenvalue weighted by molar-refractivity contribution is -0.137. The molecule has 1 aromatic rings. The number of aliphatic hydroxyl groups is 1. The second kappa shape index (κ2) is 5.80. The van der Waals surface area contributed by atoms with Gasteiger partial charge in [-0.1, -0.05) is 6.07 Å². The fourth-order valence-corrected chi connectivity index (χ4v) is 2.03. The van der Waals surface area contributed by atoms with Crippen LogP contribution in [-0.4, -0.2) is 48.3 Å². The standard InChI is InChI=1S/C13H14F3NO3/c14-13(15,16)10-3-1-2-9(6-10)12(19)17-4-5-20-11(7-17)8-18/h1-3,6,11,18H,4-5,7-8H2. The molecular formula is C13H14F3NO3. The highest BCUT2D eigenvalue weighted by Gasteiger charge is 2.32. The van der Waals surface area contributed by atoms with Crippen molar-refractivity contribution in [2.45, 2.75) is 12.3 Å². The number of aliphatic hydroxyl groups excluding tert-OH is 1. The van der Waals surface area contributed by atoms with Crippen LogP contribution >= 0.6 is 0 Å². The quantitative estimate of drug-likeness (QED) is 0.898. The predicted molar refractivity (Wildman–Crippen MR) is 64.2 cm³/mol. The van der Waals surface area contributed by atoms with Gasteiger partial charge in [-0.25, -0.2) is 0 Å². The van der Waals surface area contributed by atoms with Crippen molar-refractivity contribution in [1.82, 2.24) is 4.90 Å². The van der Waals surface area contributed by atoms with E-state index in [1.807, 2.05) is 0 Å². The van der Waals surface area contributed by atoms with Crippen LogP contribution in [0.3, 0.4) is 0 Å². The summed E-state index contributed by atoms with van der Waals surface area (Å²) in [5.74, 6) is -0.488. The molecule has 20 heavy (non-hydrogen) atoms. The number of halogens is 3. The molecule has 1 heterocycles. The predicted octanol–water partition coefficient (Wildman–Crippen LogP) is 1.54. The van der Waals surface area contributed by atoms with Crippen molar-refractivity contribution in [2.75, 3.05) is 26.3 Å². The molecule has 2 rings (SSSR count). The van der Waals surface area contributed by atoms with Crippen molar-refractivity contribution < 1.29 is 27.8 Å². The Labute approximate surface area is 113 Å². The Morgan fingerprint density at radius 2 is 2.20 bits per heavy atom. The molecule has 1 aliphatic heterocycles. The van der Waals surface area contributed by atoms with E-state index in [0.29, 0.717) is 6.54 Å². The lowest BCUT2D eigenvalue weighted by Crippen LogP contribution is -2.46. The number of hydrogen-bond donors (Lipinski definition) is 1. The molecule has 1 N–H and O–H groups in total. The molecule has 1 saturated heterocycles. The van der Waals surface area contributed by atoms with Crippen molar-refractivity contribution in [3.05, 3.63) is 35.4 Å². The topological polar surface area (TPSA) is 49.8 Å². The fourth-order valence-electron chi connectivity index (χ4n) is 2.03. The molecular weight excluding hydrogens is 275 g/mol. The molecule has 0 radical (unpaired) electrons. The molecule has 1 fully saturated rings. The summed E-state index contributed by atoms with van der Waals surface area (Å²) in [6.07, 6.45) is -4.96. The third-order valence-corrected chi connectivity index (χ3v) is 3.07. The van der Waals surface area contributed by atoms with Crippen LogP contribution in [0, 0.1) is 0 Å². The molecule has 7 heteroatoms. The van der Waals surface area contributed by atoms with E-state index in [4.69, 9.17) is 9.84 Å². The molecule has 0 aliphatic carbocycles. The molecule has 0 aromatic heterocycles. The third kappa shape index (κ3) is 3.29.